The molecule has 1 aliphatic heterocycles. The van der Waals surface area contributed by atoms with Crippen molar-refractivity contribution >= 4 is 17.8 Å². The smallest absolute Gasteiger partial charge is 0.325 e. The summed E-state index contributed by atoms with van der Waals surface area (Å²) in [6, 6.07) is 7.60. The Morgan fingerprint density at radius 3 is 2.68 bits per heavy atom. The Kier molecular flexibility index (Phi) is 5.13. The second kappa shape index (κ2) is 7.57. The molecule has 4 rings (SSSR count). The van der Waals surface area contributed by atoms with Gasteiger partial charge >= 0.3 is 6.03 Å². The Labute approximate surface area is 166 Å². The number of hydrogen-bond acceptors (Lipinski definition) is 3. The van der Waals surface area contributed by atoms with Gasteiger partial charge < -0.3 is 10.2 Å². The number of carbonyl (C=O) groups is 3. The minimum atomic E-state index is -1.01. The maximum absolute atomic E-state index is 13.4. The largest absolute Gasteiger partial charge is 0.338 e. The fourth-order valence-electron chi connectivity index (χ4n) is 5.21. The van der Waals surface area contributed by atoms with Crippen LogP contribution < -0.4 is 5.32 Å². The fourth-order valence-corrected chi connectivity index (χ4v) is 5.21. The van der Waals surface area contributed by atoms with E-state index in [2.05, 4.69) is 5.32 Å². The molecule has 0 aromatic heterocycles. The van der Waals surface area contributed by atoms with Crippen LogP contribution in [0.5, 0.6) is 0 Å². The molecule has 0 bridgehead atoms. The number of benzene rings is 1. The van der Waals surface area contributed by atoms with Crippen molar-refractivity contribution in [1.29, 1.82) is 0 Å². The summed E-state index contributed by atoms with van der Waals surface area (Å²) >= 11 is 0. The van der Waals surface area contributed by atoms with E-state index < -0.39 is 11.6 Å². The Morgan fingerprint density at radius 2 is 1.93 bits per heavy atom. The van der Waals surface area contributed by atoms with Crippen molar-refractivity contribution in [1.82, 2.24) is 15.1 Å². The van der Waals surface area contributed by atoms with Crippen LogP contribution in [0.4, 0.5) is 4.79 Å². The molecule has 0 unspecified atom stereocenters. The number of urea groups is 1. The van der Waals surface area contributed by atoms with E-state index in [0.717, 1.165) is 54.6 Å². The van der Waals surface area contributed by atoms with E-state index in [9.17, 15) is 14.4 Å². The molecule has 6 heteroatoms. The van der Waals surface area contributed by atoms with Crippen molar-refractivity contribution in [3.8, 4) is 0 Å². The molecule has 1 aromatic carbocycles. The number of nitrogens with one attached hydrogen (secondary N) is 1. The highest BCUT2D eigenvalue weighted by Crippen LogP contribution is 2.39. The Bertz CT molecular complexity index is 787. The molecule has 0 radical (unpaired) electrons. The molecule has 1 spiro atoms. The first-order chi connectivity index (χ1) is 13.6. The average molecular weight is 383 g/mol. The summed E-state index contributed by atoms with van der Waals surface area (Å²) in [5, 5.41) is 2.93. The lowest BCUT2D eigenvalue weighted by Crippen LogP contribution is -2.49. The summed E-state index contributed by atoms with van der Waals surface area (Å²) in [5.74, 6) is -0.406. The standard InChI is InChI=1S/C22H29N3O3/c1-2-24(17-11-4-3-5-12-17)19(26)15-25-20(27)22(23-21(25)28)14-8-10-16-9-6-7-13-18(16)22/h6-7,9,13,17H,2-5,8,10-12,14-15H2,1H3,(H,23,28)/t22-/m0/s1. The predicted molar refractivity (Wildman–Crippen MR) is 106 cm³/mol. The van der Waals surface area contributed by atoms with Crippen LogP contribution >= 0.6 is 0 Å². The minimum absolute atomic E-state index is 0.126. The molecule has 1 saturated heterocycles. The van der Waals surface area contributed by atoms with Gasteiger partial charge in [-0.05, 0) is 50.2 Å². The highest BCUT2D eigenvalue weighted by molar-refractivity contribution is 6.09. The maximum atomic E-state index is 13.4. The van der Waals surface area contributed by atoms with E-state index in [1.807, 2.05) is 36.1 Å². The predicted octanol–water partition coefficient (Wildman–Crippen LogP) is 2.95. The van der Waals surface area contributed by atoms with Gasteiger partial charge in [0.25, 0.3) is 5.91 Å². The number of aryl methyl sites for hydroxylation is 1. The molecule has 2 aliphatic carbocycles. The van der Waals surface area contributed by atoms with Gasteiger partial charge in [0.05, 0.1) is 0 Å². The lowest BCUT2D eigenvalue weighted by molar-refractivity contribution is -0.141. The molecule has 1 atom stereocenters. The van der Waals surface area contributed by atoms with Crippen molar-refractivity contribution < 1.29 is 14.4 Å². The van der Waals surface area contributed by atoms with Gasteiger partial charge in [0.15, 0.2) is 0 Å². The van der Waals surface area contributed by atoms with Crippen LogP contribution in [0.1, 0.15) is 63.0 Å². The number of rotatable bonds is 4. The zero-order valence-electron chi connectivity index (χ0n) is 16.6. The van der Waals surface area contributed by atoms with E-state index in [0.29, 0.717) is 13.0 Å². The van der Waals surface area contributed by atoms with Crippen molar-refractivity contribution in [3.05, 3.63) is 35.4 Å². The van der Waals surface area contributed by atoms with Crippen LogP contribution in [0.3, 0.4) is 0 Å². The van der Waals surface area contributed by atoms with Crippen molar-refractivity contribution in [2.45, 2.75) is 69.9 Å². The third-order valence-corrected chi connectivity index (χ3v) is 6.62. The zero-order chi connectivity index (χ0) is 19.7. The molecule has 6 nitrogen and oxygen atoms in total. The fraction of sp³-hybridized carbons (Fsp3) is 0.591. The summed E-state index contributed by atoms with van der Waals surface area (Å²) < 4.78 is 0. The van der Waals surface area contributed by atoms with Gasteiger partial charge in [-0.1, -0.05) is 43.5 Å². The molecule has 1 aromatic rings. The molecular formula is C22H29N3O3. The summed E-state index contributed by atoms with van der Waals surface area (Å²) in [6.07, 6.45) is 7.85. The van der Waals surface area contributed by atoms with E-state index >= 15 is 0 Å². The first-order valence-electron chi connectivity index (χ1n) is 10.6. The lowest BCUT2D eigenvalue weighted by atomic mass is 9.76. The number of carbonyl (C=O) groups excluding carboxylic acids is 3. The van der Waals surface area contributed by atoms with Gasteiger partial charge in [-0.2, -0.15) is 0 Å². The number of nitrogens with zero attached hydrogens (tertiary/aromatic N) is 2. The summed E-state index contributed by atoms with van der Waals surface area (Å²) in [5.41, 5.74) is 0.982. The summed E-state index contributed by atoms with van der Waals surface area (Å²) in [4.78, 5) is 42.0. The molecule has 1 saturated carbocycles. The van der Waals surface area contributed by atoms with Crippen molar-refractivity contribution in [2.75, 3.05) is 13.1 Å². The van der Waals surface area contributed by atoms with Crippen LogP contribution in [0.25, 0.3) is 0 Å². The maximum Gasteiger partial charge on any atom is 0.325 e. The number of likely N-dealkylation sites (N-methyl/N-ethyl adjacent to an activating group) is 1. The van der Waals surface area contributed by atoms with Gasteiger partial charge in [0.1, 0.15) is 12.1 Å². The van der Waals surface area contributed by atoms with Gasteiger partial charge in [-0.3, -0.25) is 14.5 Å². The Morgan fingerprint density at radius 1 is 1.18 bits per heavy atom. The highest BCUT2D eigenvalue weighted by atomic mass is 16.2. The van der Waals surface area contributed by atoms with Crippen LogP contribution in [-0.4, -0.2) is 46.8 Å². The van der Waals surface area contributed by atoms with E-state index in [-0.39, 0.29) is 24.4 Å². The third kappa shape index (κ3) is 3.09. The molecule has 1 N–H and O–H groups in total. The minimum Gasteiger partial charge on any atom is -0.338 e. The topological polar surface area (TPSA) is 69.7 Å². The van der Waals surface area contributed by atoms with Crippen molar-refractivity contribution in [3.63, 3.8) is 0 Å². The number of imide groups is 1. The van der Waals surface area contributed by atoms with E-state index in [1.165, 1.54) is 6.42 Å². The molecule has 4 amide bonds. The highest BCUT2D eigenvalue weighted by Gasteiger charge is 2.54. The van der Waals surface area contributed by atoms with E-state index in [1.54, 1.807) is 0 Å². The number of amides is 4. The normalized spacial score (nSPS) is 25.0. The number of hydrogen-bond donors (Lipinski definition) is 1. The molecule has 1 heterocycles. The van der Waals surface area contributed by atoms with Gasteiger partial charge in [0.2, 0.25) is 5.91 Å². The van der Waals surface area contributed by atoms with Crippen LogP contribution in [-0.2, 0) is 21.5 Å². The zero-order valence-corrected chi connectivity index (χ0v) is 16.6. The number of fused-ring (bicyclic) bond motifs is 2. The molecule has 28 heavy (non-hydrogen) atoms. The van der Waals surface area contributed by atoms with Crippen molar-refractivity contribution in [2.24, 2.45) is 0 Å². The van der Waals surface area contributed by atoms with Crippen LogP contribution in [0.15, 0.2) is 24.3 Å². The Hall–Kier alpha value is -2.37. The molecule has 2 fully saturated rings. The van der Waals surface area contributed by atoms with Crippen LogP contribution in [0, 0.1) is 0 Å². The first kappa shape index (κ1) is 19.0. The second-order valence-electron chi connectivity index (χ2n) is 8.21. The first-order valence-corrected chi connectivity index (χ1v) is 10.6. The SMILES string of the molecule is CCN(C(=O)CN1C(=O)N[C@]2(CCCc3ccccc32)C1=O)C1CCCCC1. The molecule has 3 aliphatic rings. The second-order valence-corrected chi connectivity index (χ2v) is 8.21. The van der Waals surface area contributed by atoms with Gasteiger partial charge in [-0.15, -0.1) is 0 Å². The lowest BCUT2D eigenvalue weighted by Gasteiger charge is -2.35. The van der Waals surface area contributed by atoms with Gasteiger partial charge in [0, 0.05) is 12.6 Å². The summed E-state index contributed by atoms with van der Waals surface area (Å²) in [6.45, 7) is 2.41. The molecule has 150 valence electrons. The van der Waals surface area contributed by atoms with Gasteiger partial charge in [-0.25, -0.2) is 4.79 Å². The quantitative estimate of drug-likeness (QED) is 0.813. The Balaban J connectivity index is 1.54. The summed E-state index contributed by atoms with van der Waals surface area (Å²) in [7, 11) is 0. The molecular weight excluding hydrogens is 354 g/mol. The average Bonchev–Trinajstić information content (AvgIpc) is 2.94. The van der Waals surface area contributed by atoms with Crippen LogP contribution in [0.2, 0.25) is 0 Å². The van der Waals surface area contributed by atoms with E-state index in [4.69, 9.17) is 0 Å². The third-order valence-electron chi connectivity index (χ3n) is 6.62. The monoisotopic (exact) mass is 383 g/mol.